The van der Waals surface area contributed by atoms with Gasteiger partial charge in [0.1, 0.15) is 5.75 Å². The Morgan fingerprint density at radius 2 is 1.97 bits per heavy atom. The molecule has 1 unspecified atom stereocenters. The number of hydrogen-bond donors (Lipinski definition) is 1. The van der Waals surface area contributed by atoms with Gasteiger partial charge in [-0.25, -0.2) is 4.98 Å². The van der Waals surface area contributed by atoms with Gasteiger partial charge in [-0.15, -0.1) is 0 Å². The number of carbonyl (C=O) groups is 1. The second kappa shape index (κ2) is 11.4. The van der Waals surface area contributed by atoms with E-state index in [9.17, 15) is 4.79 Å². The second-order valence-electron chi connectivity index (χ2n) is 7.97. The summed E-state index contributed by atoms with van der Waals surface area (Å²) in [5, 5.41) is 2.82. The normalized spacial score (nSPS) is 11.8. The van der Waals surface area contributed by atoms with Crippen LogP contribution >= 0.6 is 0 Å². The molecule has 0 spiro atoms. The van der Waals surface area contributed by atoms with E-state index >= 15 is 0 Å². The fourth-order valence-corrected chi connectivity index (χ4v) is 4.00. The number of nitrogens with one attached hydrogen (secondary N) is 1. The van der Waals surface area contributed by atoms with E-state index in [1.165, 1.54) is 11.1 Å². The molecule has 0 aliphatic rings. The van der Waals surface area contributed by atoms with Crippen LogP contribution in [0.3, 0.4) is 0 Å². The van der Waals surface area contributed by atoms with Crippen molar-refractivity contribution in [1.29, 1.82) is 0 Å². The molecule has 0 fully saturated rings. The number of carbonyl (C=O) groups excluding carboxylic acids is 1. The lowest BCUT2D eigenvalue weighted by atomic mass is 9.89. The van der Waals surface area contributed by atoms with Crippen molar-refractivity contribution in [2.75, 3.05) is 13.7 Å². The number of aryl methyl sites for hydroxylation is 1. The molecule has 0 aliphatic heterocycles. The molecule has 6 heteroatoms. The monoisotopic (exact) mass is 432 g/mol. The summed E-state index contributed by atoms with van der Waals surface area (Å²) in [7, 11) is 1.62. The lowest BCUT2D eigenvalue weighted by molar-refractivity contribution is -0.120. The molecule has 32 heavy (non-hydrogen) atoms. The van der Waals surface area contributed by atoms with Gasteiger partial charge in [0.25, 0.3) is 0 Å². The van der Waals surface area contributed by atoms with Crippen LogP contribution in [0.1, 0.15) is 55.0 Å². The zero-order chi connectivity index (χ0) is 22.9. The summed E-state index contributed by atoms with van der Waals surface area (Å²) >= 11 is 0. The Morgan fingerprint density at radius 3 is 2.69 bits per heavy atom. The minimum atomic E-state index is -0.0204. The Morgan fingerprint density at radius 1 is 1.12 bits per heavy atom. The smallest absolute Gasteiger partial charge is 0.224 e. The Hall–Kier alpha value is -3.28. The van der Waals surface area contributed by atoms with Crippen molar-refractivity contribution in [3.05, 3.63) is 71.4 Å². The Kier molecular flexibility index (Phi) is 8.31. The van der Waals surface area contributed by atoms with Crippen LogP contribution in [0.15, 0.2) is 49.1 Å². The molecule has 1 amide bonds. The van der Waals surface area contributed by atoms with Gasteiger partial charge in [0, 0.05) is 36.3 Å². The highest BCUT2D eigenvalue weighted by molar-refractivity contribution is 5.79. The van der Waals surface area contributed by atoms with E-state index < -0.39 is 0 Å². The zero-order valence-electron chi connectivity index (χ0n) is 19.4. The molecule has 0 aliphatic carbocycles. The topological polar surface area (TPSA) is 77.0 Å². The fourth-order valence-electron chi connectivity index (χ4n) is 4.00. The summed E-state index contributed by atoms with van der Waals surface area (Å²) < 4.78 is 5.55. The number of nitrogens with zero attached hydrogens (tertiary/aromatic N) is 3. The van der Waals surface area contributed by atoms with Crippen molar-refractivity contribution in [3.8, 4) is 17.0 Å². The minimum Gasteiger partial charge on any atom is -0.496 e. The van der Waals surface area contributed by atoms with Gasteiger partial charge in [-0.2, -0.15) is 0 Å². The zero-order valence-corrected chi connectivity index (χ0v) is 19.4. The highest BCUT2D eigenvalue weighted by atomic mass is 16.5. The van der Waals surface area contributed by atoms with Crippen molar-refractivity contribution in [3.63, 3.8) is 0 Å². The van der Waals surface area contributed by atoms with Gasteiger partial charge in [0.05, 0.1) is 31.1 Å². The Bertz CT molecular complexity index is 1050. The number of hydrogen-bond acceptors (Lipinski definition) is 5. The van der Waals surface area contributed by atoms with Crippen LogP contribution in [-0.2, 0) is 17.6 Å². The summed E-state index contributed by atoms with van der Waals surface area (Å²) in [6.07, 6.45) is 10.7. The molecule has 0 saturated carbocycles. The summed E-state index contributed by atoms with van der Waals surface area (Å²) in [5.41, 5.74) is 6.05. The molecule has 1 atom stereocenters. The predicted molar refractivity (Wildman–Crippen MR) is 127 cm³/mol. The molecular formula is C26H32N4O2. The van der Waals surface area contributed by atoms with Gasteiger partial charge < -0.3 is 10.1 Å². The minimum absolute atomic E-state index is 0.0204. The maximum absolute atomic E-state index is 12.0. The first-order valence-electron chi connectivity index (χ1n) is 11.2. The molecule has 2 heterocycles. The SMILES string of the molecule is CCCC(Cc1cncc(-c2ccc(CC(=O)NCC)c(OC)c2)n1)c1cnccc1C. The number of methoxy groups -OCH3 is 1. The number of ether oxygens (including phenoxy) is 1. The first kappa shape index (κ1) is 23.4. The first-order chi connectivity index (χ1) is 15.5. The maximum atomic E-state index is 12.0. The molecule has 2 aromatic heterocycles. The third-order valence-corrected chi connectivity index (χ3v) is 5.60. The standard InChI is InChI=1S/C26H32N4O2/c1-5-7-19(23-16-27-11-10-18(23)3)12-22-15-28-17-24(30-22)20-8-9-21(25(13-20)32-4)14-26(31)29-6-2/h8-11,13,15-17,19H,5-7,12,14H2,1-4H3,(H,29,31). The number of aromatic nitrogens is 3. The molecule has 1 N–H and O–H groups in total. The molecular weight excluding hydrogens is 400 g/mol. The molecule has 3 rings (SSSR count). The third kappa shape index (κ3) is 5.90. The van der Waals surface area contributed by atoms with Crippen molar-refractivity contribution in [1.82, 2.24) is 20.3 Å². The summed E-state index contributed by atoms with van der Waals surface area (Å²) in [6, 6.07) is 7.89. The maximum Gasteiger partial charge on any atom is 0.224 e. The molecule has 0 radical (unpaired) electrons. The van der Waals surface area contributed by atoms with E-state index in [2.05, 4.69) is 35.2 Å². The van der Waals surface area contributed by atoms with E-state index in [1.807, 2.05) is 43.7 Å². The highest BCUT2D eigenvalue weighted by Gasteiger charge is 2.16. The van der Waals surface area contributed by atoms with Gasteiger partial charge in [-0.05, 0) is 55.9 Å². The van der Waals surface area contributed by atoms with Crippen LogP contribution in [-0.4, -0.2) is 34.5 Å². The fraction of sp³-hybridized carbons (Fsp3) is 0.385. The van der Waals surface area contributed by atoms with Crippen molar-refractivity contribution < 1.29 is 9.53 Å². The van der Waals surface area contributed by atoms with Crippen LogP contribution in [0.25, 0.3) is 11.3 Å². The van der Waals surface area contributed by atoms with Crippen LogP contribution in [0.2, 0.25) is 0 Å². The molecule has 168 valence electrons. The van der Waals surface area contributed by atoms with E-state index in [0.717, 1.165) is 41.8 Å². The molecule has 6 nitrogen and oxygen atoms in total. The highest BCUT2D eigenvalue weighted by Crippen LogP contribution is 2.29. The summed E-state index contributed by atoms with van der Waals surface area (Å²) in [6.45, 7) is 6.86. The van der Waals surface area contributed by atoms with Crippen molar-refractivity contribution in [2.24, 2.45) is 0 Å². The molecule has 0 bridgehead atoms. The number of pyridine rings is 1. The predicted octanol–water partition coefficient (Wildman–Crippen LogP) is 4.66. The third-order valence-electron chi connectivity index (χ3n) is 5.60. The molecule has 1 aromatic carbocycles. The van der Waals surface area contributed by atoms with Crippen molar-refractivity contribution >= 4 is 5.91 Å². The summed E-state index contributed by atoms with van der Waals surface area (Å²) in [5.74, 6) is 1.01. The van der Waals surface area contributed by atoms with Crippen LogP contribution in [0.5, 0.6) is 5.75 Å². The number of benzene rings is 1. The van der Waals surface area contributed by atoms with Gasteiger partial charge in [0.2, 0.25) is 5.91 Å². The van der Waals surface area contributed by atoms with Crippen LogP contribution < -0.4 is 10.1 Å². The average Bonchev–Trinajstić information content (AvgIpc) is 2.80. The van der Waals surface area contributed by atoms with Crippen LogP contribution in [0.4, 0.5) is 0 Å². The van der Waals surface area contributed by atoms with E-state index in [0.29, 0.717) is 18.2 Å². The Labute approximate surface area is 190 Å². The van der Waals surface area contributed by atoms with Crippen molar-refractivity contribution in [2.45, 2.75) is 52.4 Å². The molecule has 0 saturated heterocycles. The lowest BCUT2D eigenvalue weighted by Crippen LogP contribution is -2.24. The number of rotatable bonds is 10. The summed E-state index contributed by atoms with van der Waals surface area (Å²) in [4.78, 5) is 25.7. The average molecular weight is 433 g/mol. The lowest BCUT2D eigenvalue weighted by Gasteiger charge is -2.18. The second-order valence-corrected chi connectivity index (χ2v) is 7.97. The number of amides is 1. The largest absolute Gasteiger partial charge is 0.496 e. The van der Waals surface area contributed by atoms with E-state index in [4.69, 9.17) is 9.72 Å². The number of likely N-dealkylation sites (N-methyl/N-ethyl adjacent to an activating group) is 1. The van der Waals surface area contributed by atoms with Gasteiger partial charge >= 0.3 is 0 Å². The van der Waals surface area contributed by atoms with Gasteiger partial charge in [-0.1, -0.05) is 25.5 Å². The van der Waals surface area contributed by atoms with Crippen LogP contribution in [0, 0.1) is 6.92 Å². The van der Waals surface area contributed by atoms with Gasteiger partial charge in [-0.3, -0.25) is 14.8 Å². The van der Waals surface area contributed by atoms with E-state index in [1.54, 1.807) is 13.3 Å². The molecule has 3 aromatic rings. The Balaban J connectivity index is 1.85. The first-order valence-corrected chi connectivity index (χ1v) is 11.2. The van der Waals surface area contributed by atoms with E-state index in [-0.39, 0.29) is 12.3 Å². The quantitative estimate of drug-likeness (QED) is 0.504. The van der Waals surface area contributed by atoms with Gasteiger partial charge in [0.15, 0.2) is 0 Å².